The van der Waals surface area contributed by atoms with E-state index in [1.165, 1.54) is 0 Å². The van der Waals surface area contributed by atoms with Gasteiger partial charge in [-0.25, -0.2) is 0 Å². The zero-order valence-corrected chi connectivity index (χ0v) is 17.1. The summed E-state index contributed by atoms with van der Waals surface area (Å²) >= 11 is 6.00. The van der Waals surface area contributed by atoms with Crippen molar-refractivity contribution in [1.29, 1.82) is 0 Å². The number of aromatic nitrogens is 1. The summed E-state index contributed by atoms with van der Waals surface area (Å²) in [6, 6.07) is 17.5. The van der Waals surface area contributed by atoms with Crippen LogP contribution in [0, 0.1) is 0 Å². The first-order chi connectivity index (χ1) is 14.6. The van der Waals surface area contributed by atoms with Gasteiger partial charge >= 0.3 is 0 Å². The second kappa shape index (κ2) is 8.55. The molecule has 0 aliphatic carbocycles. The lowest BCUT2D eigenvalue weighted by Gasteiger charge is -2.24. The minimum atomic E-state index is -0.493. The topological polar surface area (TPSA) is 71.5 Å². The van der Waals surface area contributed by atoms with Crippen LogP contribution in [-0.2, 0) is 11.3 Å². The Kier molecular flexibility index (Phi) is 5.68. The molecule has 2 amide bonds. The number of nitrogens with one attached hydrogen (secondary N) is 1. The fraction of sp³-hybridized carbons (Fsp3) is 0.174. The van der Waals surface area contributed by atoms with Gasteiger partial charge in [-0.15, -0.1) is 0 Å². The zero-order chi connectivity index (χ0) is 21.1. The van der Waals surface area contributed by atoms with Crippen LogP contribution in [0.1, 0.15) is 34.1 Å². The van der Waals surface area contributed by atoms with Crippen LogP contribution in [0.15, 0.2) is 66.9 Å². The van der Waals surface area contributed by atoms with E-state index >= 15 is 0 Å². The smallest absolute Gasteiger partial charge is 0.260 e. The number of benzene rings is 2. The molecular formula is C23H20ClN3O3. The van der Waals surface area contributed by atoms with Crippen LogP contribution in [0.4, 0.5) is 5.69 Å². The summed E-state index contributed by atoms with van der Waals surface area (Å²) in [7, 11) is 1.59. The fourth-order valence-electron chi connectivity index (χ4n) is 3.63. The number of anilines is 1. The standard InChI is InChI=1S/C23H20ClN3O3/c1-30-20-7-3-2-5-15(20)14-26-21(28)13-19-22-18(6-4-12-25-22)23(29)27(19)17-10-8-16(24)9-11-17/h2-12,19H,13-14H2,1H3,(H,26,28)/t19-/m0/s1. The van der Waals surface area contributed by atoms with Crippen LogP contribution >= 0.6 is 11.6 Å². The van der Waals surface area contributed by atoms with Crippen molar-refractivity contribution < 1.29 is 14.3 Å². The number of fused-ring (bicyclic) bond motifs is 1. The van der Waals surface area contributed by atoms with Crippen LogP contribution in [0.5, 0.6) is 5.75 Å². The van der Waals surface area contributed by atoms with E-state index in [2.05, 4.69) is 10.3 Å². The number of pyridine rings is 1. The quantitative estimate of drug-likeness (QED) is 0.649. The molecule has 3 aromatic rings. The van der Waals surface area contributed by atoms with Crippen molar-refractivity contribution in [2.24, 2.45) is 0 Å². The average molecular weight is 422 g/mol. The minimum absolute atomic E-state index is 0.0908. The molecule has 4 rings (SSSR count). The summed E-state index contributed by atoms with van der Waals surface area (Å²) < 4.78 is 5.33. The average Bonchev–Trinajstić information content (AvgIpc) is 3.05. The Morgan fingerprint density at radius 3 is 2.67 bits per heavy atom. The molecule has 7 heteroatoms. The monoisotopic (exact) mass is 421 g/mol. The molecule has 0 saturated heterocycles. The summed E-state index contributed by atoms with van der Waals surface area (Å²) in [4.78, 5) is 31.8. The number of ether oxygens (including phenoxy) is 1. The number of halogens is 1. The van der Waals surface area contributed by atoms with Gasteiger partial charge in [0.1, 0.15) is 5.75 Å². The van der Waals surface area contributed by atoms with E-state index in [9.17, 15) is 9.59 Å². The van der Waals surface area contributed by atoms with Crippen LogP contribution in [-0.4, -0.2) is 23.9 Å². The Hall–Kier alpha value is -3.38. The van der Waals surface area contributed by atoms with Crippen molar-refractivity contribution in [3.8, 4) is 5.75 Å². The number of rotatable bonds is 6. The molecule has 0 spiro atoms. The van der Waals surface area contributed by atoms with E-state index in [1.54, 1.807) is 54.6 Å². The first-order valence-corrected chi connectivity index (χ1v) is 9.89. The summed E-state index contributed by atoms with van der Waals surface area (Å²) in [6.45, 7) is 0.333. The van der Waals surface area contributed by atoms with Crippen LogP contribution < -0.4 is 15.0 Å². The van der Waals surface area contributed by atoms with Crippen LogP contribution in [0.2, 0.25) is 5.02 Å². The number of hydrogen-bond acceptors (Lipinski definition) is 4. The van der Waals surface area contributed by atoms with Gasteiger partial charge in [0.25, 0.3) is 5.91 Å². The molecule has 0 unspecified atom stereocenters. The molecule has 0 saturated carbocycles. The van der Waals surface area contributed by atoms with E-state index in [0.717, 1.165) is 5.56 Å². The van der Waals surface area contributed by atoms with Gasteiger partial charge in [0.15, 0.2) is 0 Å². The minimum Gasteiger partial charge on any atom is -0.496 e. The molecule has 1 aliphatic rings. The molecule has 1 aliphatic heterocycles. The van der Waals surface area contributed by atoms with E-state index in [0.29, 0.717) is 34.3 Å². The van der Waals surface area contributed by atoms with Crippen molar-refractivity contribution in [2.45, 2.75) is 19.0 Å². The number of methoxy groups -OCH3 is 1. The highest BCUT2D eigenvalue weighted by Crippen LogP contribution is 2.38. The van der Waals surface area contributed by atoms with Gasteiger partial charge in [0.2, 0.25) is 5.91 Å². The molecule has 0 bridgehead atoms. The van der Waals surface area contributed by atoms with Gasteiger partial charge in [-0.3, -0.25) is 19.5 Å². The Bertz CT molecular complexity index is 1090. The maximum Gasteiger partial charge on any atom is 0.260 e. The van der Waals surface area contributed by atoms with Gasteiger partial charge in [0.05, 0.1) is 30.8 Å². The van der Waals surface area contributed by atoms with Crippen molar-refractivity contribution in [2.75, 3.05) is 12.0 Å². The van der Waals surface area contributed by atoms with Gasteiger partial charge in [-0.2, -0.15) is 0 Å². The first-order valence-electron chi connectivity index (χ1n) is 9.51. The molecule has 1 aromatic heterocycles. The molecular weight excluding hydrogens is 402 g/mol. The fourth-order valence-corrected chi connectivity index (χ4v) is 3.76. The summed E-state index contributed by atoms with van der Waals surface area (Å²) in [5.41, 5.74) is 2.66. The van der Waals surface area contributed by atoms with E-state index in [1.807, 2.05) is 24.3 Å². The SMILES string of the molecule is COc1ccccc1CNC(=O)C[C@H]1c2ncccc2C(=O)N1c1ccc(Cl)cc1. The van der Waals surface area contributed by atoms with E-state index in [4.69, 9.17) is 16.3 Å². The molecule has 30 heavy (non-hydrogen) atoms. The lowest BCUT2D eigenvalue weighted by Crippen LogP contribution is -2.33. The number of nitrogens with zero attached hydrogens (tertiary/aromatic N) is 2. The Morgan fingerprint density at radius 1 is 1.13 bits per heavy atom. The second-order valence-corrected chi connectivity index (χ2v) is 7.33. The number of carbonyl (C=O) groups excluding carboxylic acids is 2. The number of amides is 2. The van der Waals surface area contributed by atoms with Gasteiger partial charge in [0, 0.05) is 29.0 Å². The molecule has 1 atom stereocenters. The highest BCUT2D eigenvalue weighted by Gasteiger charge is 2.39. The maximum absolute atomic E-state index is 13.0. The van der Waals surface area contributed by atoms with Crippen molar-refractivity contribution in [3.63, 3.8) is 0 Å². The van der Waals surface area contributed by atoms with Crippen molar-refractivity contribution in [1.82, 2.24) is 10.3 Å². The molecule has 6 nitrogen and oxygen atoms in total. The zero-order valence-electron chi connectivity index (χ0n) is 16.3. The highest BCUT2D eigenvalue weighted by atomic mass is 35.5. The van der Waals surface area contributed by atoms with E-state index in [-0.39, 0.29) is 18.2 Å². The maximum atomic E-state index is 13.0. The lowest BCUT2D eigenvalue weighted by atomic mass is 10.1. The van der Waals surface area contributed by atoms with Crippen LogP contribution in [0.3, 0.4) is 0 Å². The number of para-hydroxylation sites is 1. The van der Waals surface area contributed by atoms with Crippen molar-refractivity contribution in [3.05, 3.63) is 88.7 Å². The van der Waals surface area contributed by atoms with Crippen molar-refractivity contribution >= 4 is 29.1 Å². The summed E-state index contributed by atoms with van der Waals surface area (Å²) in [5, 5.41) is 3.50. The van der Waals surface area contributed by atoms with E-state index < -0.39 is 6.04 Å². The molecule has 152 valence electrons. The predicted molar refractivity (Wildman–Crippen MR) is 115 cm³/mol. The third-order valence-electron chi connectivity index (χ3n) is 5.07. The third kappa shape index (κ3) is 3.86. The molecule has 2 heterocycles. The third-order valence-corrected chi connectivity index (χ3v) is 5.32. The van der Waals surface area contributed by atoms with Gasteiger partial charge in [-0.05, 0) is 42.5 Å². The molecule has 1 N–H and O–H groups in total. The normalized spacial score (nSPS) is 15.1. The lowest BCUT2D eigenvalue weighted by molar-refractivity contribution is -0.121. The molecule has 2 aromatic carbocycles. The Morgan fingerprint density at radius 2 is 1.90 bits per heavy atom. The summed E-state index contributed by atoms with van der Waals surface area (Å²) in [5.74, 6) is 0.350. The van der Waals surface area contributed by atoms with Gasteiger partial charge < -0.3 is 10.1 Å². The molecule has 0 radical (unpaired) electrons. The van der Waals surface area contributed by atoms with Crippen LogP contribution in [0.25, 0.3) is 0 Å². The highest BCUT2D eigenvalue weighted by molar-refractivity contribution is 6.30. The summed E-state index contributed by atoms with van der Waals surface area (Å²) in [6.07, 6.45) is 1.73. The second-order valence-electron chi connectivity index (χ2n) is 6.90. The number of carbonyl (C=O) groups is 2. The van der Waals surface area contributed by atoms with Gasteiger partial charge in [-0.1, -0.05) is 29.8 Å². The Labute approximate surface area is 179 Å². The predicted octanol–water partition coefficient (Wildman–Crippen LogP) is 4.15. The first kappa shape index (κ1) is 19.9. The Balaban J connectivity index is 1.56. The largest absolute Gasteiger partial charge is 0.496 e. The number of hydrogen-bond donors (Lipinski definition) is 1. The molecule has 0 fully saturated rings.